The molecule has 0 radical (unpaired) electrons. The van der Waals surface area contributed by atoms with E-state index in [2.05, 4.69) is 11.9 Å². The number of ether oxygens (including phenoxy) is 2. The molecule has 0 aromatic carbocycles. The van der Waals surface area contributed by atoms with Crippen molar-refractivity contribution >= 4 is 17.8 Å². The number of carbonyl (C=O) groups excluding carboxylic acids is 2. The maximum absolute atomic E-state index is 13.6. The number of hydrogen-bond acceptors (Lipinski definition) is 7. The molecule has 6 unspecified atom stereocenters. The summed E-state index contributed by atoms with van der Waals surface area (Å²) in [4.78, 5) is 31.0. The SMILES string of the molecule is CCCC1C(=O)C(C)(C)C(O)CC(=O)OC(C(C)=Cc2ccccn2)CC2O[C@@]2(C)CCCC(C)C1O. The van der Waals surface area contributed by atoms with Crippen molar-refractivity contribution in [2.24, 2.45) is 17.3 Å². The number of cyclic esters (lactones) is 1. The molecule has 0 aliphatic carbocycles. The van der Waals surface area contributed by atoms with Crippen LogP contribution in [0.3, 0.4) is 0 Å². The van der Waals surface area contributed by atoms with Crippen LogP contribution in [0.25, 0.3) is 6.08 Å². The fourth-order valence-electron chi connectivity index (χ4n) is 5.49. The minimum atomic E-state index is -1.23. The van der Waals surface area contributed by atoms with E-state index in [1.54, 1.807) is 20.0 Å². The minimum absolute atomic E-state index is 0.0544. The topological polar surface area (TPSA) is 109 Å². The number of esters is 1. The highest BCUT2D eigenvalue weighted by Crippen LogP contribution is 2.45. The summed E-state index contributed by atoms with van der Waals surface area (Å²) in [6.45, 7) is 11.3. The average molecular weight is 516 g/mol. The van der Waals surface area contributed by atoms with Crippen molar-refractivity contribution in [1.82, 2.24) is 4.98 Å². The van der Waals surface area contributed by atoms with Gasteiger partial charge in [-0.3, -0.25) is 14.6 Å². The van der Waals surface area contributed by atoms with Crippen LogP contribution in [0.1, 0.15) is 92.2 Å². The molecule has 37 heavy (non-hydrogen) atoms. The lowest BCUT2D eigenvalue weighted by Crippen LogP contribution is -2.46. The predicted octanol–water partition coefficient (Wildman–Crippen LogP) is 4.89. The summed E-state index contributed by atoms with van der Waals surface area (Å²) in [6, 6.07) is 5.63. The van der Waals surface area contributed by atoms with Gasteiger partial charge in [0.15, 0.2) is 0 Å². The molecule has 3 heterocycles. The fourth-order valence-corrected chi connectivity index (χ4v) is 5.49. The molecular formula is C30H45NO6. The van der Waals surface area contributed by atoms with Crippen LogP contribution in [-0.2, 0) is 19.1 Å². The molecule has 7 heteroatoms. The lowest BCUT2D eigenvalue weighted by Gasteiger charge is -2.36. The van der Waals surface area contributed by atoms with Crippen molar-refractivity contribution < 1.29 is 29.3 Å². The summed E-state index contributed by atoms with van der Waals surface area (Å²) in [6.07, 6.45) is 4.94. The Balaban J connectivity index is 1.88. The predicted molar refractivity (Wildman–Crippen MR) is 142 cm³/mol. The molecule has 1 aromatic rings. The number of carbonyl (C=O) groups is 2. The summed E-state index contributed by atoms with van der Waals surface area (Å²) in [7, 11) is 0. The Bertz CT molecular complexity index is 960. The van der Waals surface area contributed by atoms with E-state index in [9.17, 15) is 19.8 Å². The van der Waals surface area contributed by atoms with Gasteiger partial charge in [0.05, 0.1) is 41.4 Å². The van der Waals surface area contributed by atoms with Crippen LogP contribution >= 0.6 is 0 Å². The van der Waals surface area contributed by atoms with Crippen molar-refractivity contribution in [3.8, 4) is 0 Å². The molecule has 2 fully saturated rings. The van der Waals surface area contributed by atoms with E-state index in [0.29, 0.717) is 12.8 Å². The first-order chi connectivity index (χ1) is 17.4. The number of aliphatic hydroxyl groups is 2. The largest absolute Gasteiger partial charge is 0.458 e. The minimum Gasteiger partial charge on any atom is -0.458 e. The number of rotatable bonds is 4. The Morgan fingerprint density at radius 2 is 1.95 bits per heavy atom. The summed E-state index contributed by atoms with van der Waals surface area (Å²) in [5, 5.41) is 22.2. The van der Waals surface area contributed by atoms with Crippen LogP contribution in [0.15, 0.2) is 30.0 Å². The Labute approximate surface area is 221 Å². The summed E-state index contributed by atoms with van der Waals surface area (Å²) in [5.41, 5.74) is 0.0977. The van der Waals surface area contributed by atoms with Crippen molar-refractivity contribution in [3.05, 3.63) is 35.7 Å². The standard InChI is InChI=1S/C30H45NO6/c1-7-11-22-27(34)19(2)12-10-14-30(6)25(37-30)17-23(20(3)16-21-13-8-9-15-31-21)36-26(33)18-24(32)29(4,5)28(22)35/h8-9,13,15-16,19,22-25,27,32,34H,7,10-12,14,17-18H2,1-6H3/t19?,22?,23?,24?,25?,27?,30-/m0/s1. The third-order valence-electron chi connectivity index (χ3n) is 8.40. The third kappa shape index (κ3) is 7.27. The molecule has 1 aromatic heterocycles. The van der Waals surface area contributed by atoms with Gasteiger partial charge in [0, 0.05) is 18.5 Å². The Morgan fingerprint density at radius 3 is 2.59 bits per heavy atom. The van der Waals surface area contributed by atoms with Crippen LogP contribution in [0, 0.1) is 17.3 Å². The van der Waals surface area contributed by atoms with Crippen molar-refractivity contribution in [2.45, 2.75) is 117 Å². The van der Waals surface area contributed by atoms with Gasteiger partial charge in [-0.1, -0.05) is 46.6 Å². The van der Waals surface area contributed by atoms with E-state index < -0.39 is 35.6 Å². The van der Waals surface area contributed by atoms with Gasteiger partial charge in [0.25, 0.3) is 0 Å². The van der Waals surface area contributed by atoms with E-state index in [-0.39, 0.29) is 29.8 Å². The highest BCUT2D eigenvalue weighted by atomic mass is 16.6. The maximum atomic E-state index is 13.6. The van der Waals surface area contributed by atoms with Gasteiger partial charge in [-0.05, 0) is 62.8 Å². The van der Waals surface area contributed by atoms with Crippen LogP contribution < -0.4 is 0 Å². The Hall–Kier alpha value is -2.09. The molecule has 0 bridgehead atoms. The normalized spacial score (nSPS) is 35.9. The van der Waals surface area contributed by atoms with Gasteiger partial charge in [0.1, 0.15) is 11.9 Å². The quantitative estimate of drug-likeness (QED) is 0.434. The third-order valence-corrected chi connectivity index (χ3v) is 8.40. The van der Waals surface area contributed by atoms with Gasteiger partial charge in [-0.2, -0.15) is 0 Å². The number of pyridine rings is 1. The van der Waals surface area contributed by atoms with Gasteiger partial charge in [-0.25, -0.2) is 0 Å². The maximum Gasteiger partial charge on any atom is 0.309 e. The lowest BCUT2D eigenvalue weighted by atomic mass is 9.71. The molecular weight excluding hydrogens is 470 g/mol. The second-order valence-corrected chi connectivity index (χ2v) is 11.8. The number of Topliss-reactive ketones (excluding diaryl/α,β-unsaturated/α-hetero) is 1. The fraction of sp³-hybridized carbons (Fsp3) is 0.700. The zero-order chi connectivity index (χ0) is 27.4. The summed E-state index contributed by atoms with van der Waals surface area (Å²) >= 11 is 0. The molecule has 7 atom stereocenters. The molecule has 0 amide bonds. The molecule has 206 valence electrons. The lowest BCUT2D eigenvalue weighted by molar-refractivity contribution is -0.154. The van der Waals surface area contributed by atoms with Gasteiger partial charge in [-0.15, -0.1) is 0 Å². The average Bonchev–Trinajstić information content (AvgIpc) is 3.49. The summed E-state index contributed by atoms with van der Waals surface area (Å²) in [5.74, 6) is -1.43. The van der Waals surface area contributed by atoms with Crippen LogP contribution in [0.5, 0.6) is 0 Å². The highest BCUT2D eigenvalue weighted by molar-refractivity contribution is 5.88. The van der Waals surface area contributed by atoms with Crippen LogP contribution in [-0.4, -0.2) is 57.0 Å². The van der Waals surface area contributed by atoms with Crippen molar-refractivity contribution in [1.29, 1.82) is 0 Å². The second kappa shape index (κ2) is 12.2. The number of ketones is 1. The molecule has 2 aliphatic rings. The van der Waals surface area contributed by atoms with Crippen LogP contribution in [0.4, 0.5) is 0 Å². The number of epoxide rings is 1. The molecule has 2 saturated heterocycles. The smallest absolute Gasteiger partial charge is 0.309 e. The van der Waals surface area contributed by atoms with E-state index in [1.165, 1.54) is 0 Å². The number of aliphatic hydroxyl groups excluding tert-OH is 2. The number of aromatic nitrogens is 1. The van der Waals surface area contributed by atoms with Crippen LogP contribution in [0.2, 0.25) is 0 Å². The molecule has 0 spiro atoms. The number of fused-ring (bicyclic) bond motifs is 1. The van der Waals surface area contributed by atoms with Gasteiger partial charge in [0.2, 0.25) is 0 Å². The molecule has 0 saturated carbocycles. The van der Waals surface area contributed by atoms with Gasteiger partial charge >= 0.3 is 5.97 Å². The molecule has 2 aliphatic heterocycles. The Kier molecular flexibility index (Phi) is 9.70. The Morgan fingerprint density at radius 1 is 1.22 bits per heavy atom. The van der Waals surface area contributed by atoms with Crippen molar-refractivity contribution in [2.75, 3.05) is 0 Å². The molecule has 7 nitrogen and oxygen atoms in total. The zero-order valence-electron chi connectivity index (χ0n) is 23.3. The first-order valence-electron chi connectivity index (χ1n) is 13.8. The molecule has 2 N–H and O–H groups in total. The first-order valence-corrected chi connectivity index (χ1v) is 13.8. The summed E-state index contributed by atoms with van der Waals surface area (Å²) < 4.78 is 12.0. The highest BCUT2D eigenvalue weighted by Gasteiger charge is 2.53. The zero-order valence-corrected chi connectivity index (χ0v) is 23.3. The number of hydrogen-bond donors (Lipinski definition) is 2. The second-order valence-electron chi connectivity index (χ2n) is 11.8. The van der Waals surface area contributed by atoms with E-state index >= 15 is 0 Å². The first kappa shape index (κ1) is 29.5. The van der Waals surface area contributed by atoms with Gasteiger partial charge < -0.3 is 19.7 Å². The van der Waals surface area contributed by atoms with E-state index in [0.717, 1.165) is 37.0 Å². The van der Waals surface area contributed by atoms with E-state index in [4.69, 9.17) is 9.47 Å². The van der Waals surface area contributed by atoms with Crippen molar-refractivity contribution in [3.63, 3.8) is 0 Å². The monoisotopic (exact) mass is 515 g/mol. The molecule has 3 rings (SSSR count). The number of nitrogens with zero attached hydrogens (tertiary/aromatic N) is 1. The van der Waals surface area contributed by atoms with E-state index in [1.807, 2.05) is 45.0 Å².